The molecule has 1 saturated heterocycles. The first-order chi connectivity index (χ1) is 8.46. The first-order valence-electron chi connectivity index (χ1n) is 5.76. The van der Waals surface area contributed by atoms with Crippen LogP contribution in [0.25, 0.3) is 0 Å². The zero-order valence-corrected chi connectivity index (χ0v) is 10.9. The summed E-state index contributed by atoms with van der Waals surface area (Å²) in [6, 6.07) is 3.05. The maximum absolute atomic E-state index is 12.0. The van der Waals surface area contributed by atoms with Crippen molar-refractivity contribution in [1.29, 1.82) is 0 Å². The molecule has 18 heavy (non-hydrogen) atoms. The summed E-state index contributed by atoms with van der Waals surface area (Å²) in [6.45, 7) is 1.01. The molecule has 1 aliphatic heterocycles. The van der Waals surface area contributed by atoms with E-state index in [1.165, 1.54) is 6.26 Å². The van der Waals surface area contributed by atoms with Crippen molar-refractivity contribution in [2.75, 3.05) is 19.3 Å². The van der Waals surface area contributed by atoms with Gasteiger partial charge < -0.3 is 9.32 Å². The van der Waals surface area contributed by atoms with Gasteiger partial charge in [-0.15, -0.1) is 0 Å². The van der Waals surface area contributed by atoms with Crippen LogP contribution in [-0.2, 0) is 10.0 Å². The van der Waals surface area contributed by atoms with E-state index < -0.39 is 10.0 Å². The first kappa shape index (κ1) is 13.1. The standard InChI is InChI=1S/C11H16N2O4S/c1-18(15,16)12-9-4-2-6-13(8-9)11(14)10-5-3-7-17-10/h3,5,7,9,12H,2,4,6,8H2,1H3/t9-/m0/s1. The zero-order valence-electron chi connectivity index (χ0n) is 10.1. The lowest BCUT2D eigenvalue weighted by molar-refractivity contribution is 0.0671. The van der Waals surface area contributed by atoms with E-state index in [4.69, 9.17) is 4.42 Å². The first-order valence-corrected chi connectivity index (χ1v) is 7.65. The molecule has 1 aromatic rings. The minimum absolute atomic E-state index is 0.194. The fourth-order valence-corrected chi connectivity index (χ4v) is 2.91. The molecule has 0 unspecified atom stereocenters. The molecule has 1 N–H and O–H groups in total. The van der Waals surface area contributed by atoms with Gasteiger partial charge in [0.1, 0.15) is 0 Å². The van der Waals surface area contributed by atoms with Crippen molar-refractivity contribution in [1.82, 2.24) is 9.62 Å². The van der Waals surface area contributed by atoms with Gasteiger partial charge in [0.2, 0.25) is 10.0 Å². The molecule has 2 heterocycles. The Morgan fingerprint density at radius 2 is 2.33 bits per heavy atom. The number of sulfonamides is 1. The summed E-state index contributed by atoms with van der Waals surface area (Å²) in [5.41, 5.74) is 0. The molecular weight excluding hydrogens is 256 g/mol. The van der Waals surface area contributed by atoms with Crippen LogP contribution in [0.2, 0.25) is 0 Å². The van der Waals surface area contributed by atoms with Crippen molar-refractivity contribution in [2.24, 2.45) is 0 Å². The summed E-state index contributed by atoms with van der Waals surface area (Å²) in [5, 5.41) is 0. The Bertz CT molecular complexity index is 509. The molecule has 6 nitrogen and oxygen atoms in total. The number of hydrogen-bond acceptors (Lipinski definition) is 4. The Kier molecular flexibility index (Phi) is 3.72. The second-order valence-corrected chi connectivity index (χ2v) is 6.24. The third kappa shape index (κ3) is 3.33. The van der Waals surface area contributed by atoms with Gasteiger partial charge in [0.05, 0.1) is 12.5 Å². The fraction of sp³-hybridized carbons (Fsp3) is 0.545. The molecule has 1 aromatic heterocycles. The van der Waals surface area contributed by atoms with Crippen LogP contribution in [0.15, 0.2) is 22.8 Å². The van der Waals surface area contributed by atoms with Crippen LogP contribution in [0.1, 0.15) is 23.4 Å². The van der Waals surface area contributed by atoms with Crippen molar-refractivity contribution in [3.8, 4) is 0 Å². The average Bonchev–Trinajstić information content (AvgIpc) is 2.79. The number of nitrogens with one attached hydrogen (secondary N) is 1. The topological polar surface area (TPSA) is 79.6 Å². The average molecular weight is 272 g/mol. The van der Waals surface area contributed by atoms with Gasteiger partial charge in [0.15, 0.2) is 5.76 Å². The van der Waals surface area contributed by atoms with Crippen LogP contribution in [0, 0.1) is 0 Å². The zero-order chi connectivity index (χ0) is 13.2. The van der Waals surface area contributed by atoms with Gasteiger partial charge in [0.25, 0.3) is 5.91 Å². The SMILES string of the molecule is CS(=O)(=O)N[C@H]1CCCN(C(=O)c2ccco2)C1. The van der Waals surface area contributed by atoms with Gasteiger partial charge in [0, 0.05) is 19.1 Å². The molecule has 1 amide bonds. The molecule has 2 rings (SSSR count). The lowest BCUT2D eigenvalue weighted by Gasteiger charge is -2.32. The summed E-state index contributed by atoms with van der Waals surface area (Å²) in [6.07, 6.45) is 4.10. The number of carbonyl (C=O) groups is 1. The number of furan rings is 1. The number of rotatable bonds is 3. The second-order valence-electron chi connectivity index (χ2n) is 4.46. The predicted molar refractivity (Wildman–Crippen MR) is 65.6 cm³/mol. The number of nitrogens with zero attached hydrogens (tertiary/aromatic N) is 1. The number of amides is 1. The summed E-state index contributed by atoms with van der Waals surface area (Å²) in [5.74, 6) is 0.0926. The van der Waals surface area contributed by atoms with Crippen LogP contribution in [0.4, 0.5) is 0 Å². The minimum Gasteiger partial charge on any atom is -0.459 e. The third-order valence-electron chi connectivity index (χ3n) is 2.82. The highest BCUT2D eigenvalue weighted by atomic mass is 32.2. The Morgan fingerprint density at radius 1 is 1.56 bits per heavy atom. The maximum Gasteiger partial charge on any atom is 0.289 e. The van der Waals surface area contributed by atoms with E-state index in [9.17, 15) is 13.2 Å². The van der Waals surface area contributed by atoms with E-state index in [0.717, 1.165) is 19.1 Å². The highest BCUT2D eigenvalue weighted by molar-refractivity contribution is 7.88. The smallest absolute Gasteiger partial charge is 0.289 e. The highest BCUT2D eigenvalue weighted by Crippen LogP contribution is 2.14. The molecule has 0 bridgehead atoms. The Hall–Kier alpha value is -1.34. The van der Waals surface area contributed by atoms with Crippen molar-refractivity contribution >= 4 is 15.9 Å². The van der Waals surface area contributed by atoms with Crippen molar-refractivity contribution in [3.63, 3.8) is 0 Å². The number of likely N-dealkylation sites (tertiary alicyclic amines) is 1. The largest absolute Gasteiger partial charge is 0.459 e. The van der Waals surface area contributed by atoms with Crippen molar-refractivity contribution < 1.29 is 17.6 Å². The van der Waals surface area contributed by atoms with E-state index in [0.29, 0.717) is 13.1 Å². The third-order valence-corrected chi connectivity index (χ3v) is 3.58. The molecule has 0 aliphatic carbocycles. The number of piperidine rings is 1. The molecule has 1 aliphatic rings. The molecule has 1 fully saturated rings. The lowest BCUT2D eigenvalue weighted by atomic mass is 10.1. The van der Waals surface area contributed by atoms with E-state index in [1.54, 1.807) is 17.0 Å². The lowest BCUT2D eigenvalue weighted by Crippen LogP contribution is -2.49. The quantitative estimate of drug-likeness (QED) is 0.865. The van der Waals surface area contributed by atoms with Crippen LogP contribution >= 0.6 is 0 Å². The second kappa shape index (κ2) is 5.11. The van der Waals surface area contributed by atoms with Gasteiger partial charge in [-0.1, -0.05) is 0 Å². The molecule has 0 saturated carbocycles. The van der Waals surface area contributed by atoms with Crippen molar-refractivity contribution in [3.05, 3.63) is 24.2 Å². The monoisotopic (exact) mass is 272 g/mol. The molecule has 7 heteroatoms. The highest BCUT2D eigenvalue weighted by Gasteiger charge is 2.27. The van der Waals surface area contributed by atoms with Gasteiger partial charge >= 0.3 is 0 Å². The Morgan fingerprint density at radius 3 is 2.94 bits per heavy atom. The van der Waals surface area contributed by atoms with Crippen LogP contribution in [0.3, 0.4) is 0 Å². The number of carbonyl (C=O) groups excluding carboxylic acids is 1. The van der Waals surface area contributed by atoms with E-state index in [-0.39, 0.29) is 17.7 Å². The number of hydrogen-bond donors (Lipinski definition) is 1. The van der Waals surface area contributed by atoms with Gasteiger partial charge in [-0.25, -0.2) is 13.1 Å². The fourth-order valence-electron chi connectivity index (χ4n) is 2.12. The van der Waals surface area contributed by atoms with Crippen molar-refractivity contribution in [2.45, 2.75) is 18.9 Å². The summed E-state index contributed by atoms with van der Waals surface area (Å²) < 4.78 is 29.9. The summed E-state index contributed by atoms with van der Waals surface area (Å²) in [7, 11) is -3.24. The van der Waals surface area contributed by atoms with Crippen LogP contribution in [-0.4, -0.2) is 44.6 Å². The predicted octanol–water partition coefficient (Wildman–Crippen LogP) is 0.433. The molecule has 0 aromatic carbocycles. The van der Waals surface area contributed by atoms with Gasteiger partial charge in [-0.2, -0.15) is 0 Å². The molecule has 1 atom stereocenters. The summed E-state index contributed by atoms with van der Waals surface area (Å²) in [4.78, 5) is 13.6. The van der Waals surface area contributed by atoms with Gasteiger partial charge in [-0.05, 0) is 25.0 Å². The molecule has 0 radical (unpaired) electrons. The minimum atomic E-state index is -3.24. The molecule has 0 spiro atoms. The Labute approximate surface area is 106 Å². The van der Waals surface area contributed by atoms with Crippen LogP contribution in [0.5, 0.6) is 0 Å². The van der Waals surface area contributed by atoms with E-state index in [2.05, 4.69) is 4.72 Å². The molecular formula is C11H16N2O4S. The summed E-state index contributed by atoms with van der Waals surface area (Å²) >= 11 is 0. The van der Waals surface area contributed by atoms with Crippen LogP contribution < -0.4 is 4.72 Å². The van der Waals surface area contributed by atoms with Gasteiger partial charge in [-0.3, -0.25) is 4.79 Å². The maximum atomic E-state index is 12.0. The Balaban J connectivity index is 2.01. The molecule has 100 valence electrons. The van der Waals surface area contributed by atoms with E-state index >= 15 is 0 Å². The van der Waals surface area contributed by atoms with E-state index in [1.807, 2.05) is 0 Å². The normalized spacial score (nSPS) is 20.9.